The maximum atomic E-state index is 13.6. The number of carboxylic acid groups (broad SMARTS) is 2. The van der Waals surface area contributed by atoms with Crippen LogP contribution in [0.15, 0.2) is 197 Å². The number of aromatic hydroxyl groups is 1. The molecular formula is C87H119BrCl4KLiN5O27P3. The largest absolute Gasteiger partial charge is 1.00 e. The van der Waals surface area contributed by atoms with Gasteiger partial charge in [0.2, 0.25) is 0 Å². The number of esters is 3. The predicted octanol–water partition coefficient (Wildman–Crippen LogP) is 14.2. The molecule has 3 heterocycles. The average molecular weight is 2030 g/mol. The molecule has 7 aromatic rings. The van der Waals surface area contributed by atoms with E-state index in [1.165, 1.54) is 57.4 Å². The number of ether oxygens (including phenoxy) is 3. The minimum absolute atomic E-state index is 0. The van der Waals surface area contributed by atoms with E-state index in [1.807, 2.05) is 26.0 Å². The number of alkyl halides is 4. The second-order valence-electron chi connectivity index (χ2n) is 27.5. The van der Waals surface area contributed by atoms with Crippen LogP contribution in [0.4, 0.5) is 11.8 Å². The summed E-state index contributed by atoms with van der Waals surface area (Å²) in [7, 11) is -2.84. The number of halogens is 5. The zero-order chi connectivity index (χ0) is 94.8. The van der Waals surface area contributed by atoms with Crippen LogP contribution in [0.2, 0.25) is 0 Å². The molecule has 0 spiro atoms. The Morgan fingerprint density at radius 2 is 0.814 bits per heavy atom. The van der Waals surface area contributed by atoms with Gasteiger partial charge in [-0.15, -0.1) is 41.4 Å². The van der Waals surface area contributed by atoms with E-state index >= 15 is 0 Å². The summed E-state index contributed by atoms with van der Waals surface area (Å²) in [5, 5.41) is 60.0. The maximum absolute atomic E-state index is 13.6. The van der Waals surface area contributed by atoms with Crippen molar-refractivity contribution in [1.29, 1.82) is 0 Å². The summed E-state index contributed by atoms with van der Waals surface area (Å²) in [4.78, 5) is 75.8. The minimum atomic E-state index is -3.85. The van der Waals surface area contributed by atoms with Crippen molar-refractivity contribution in [3.05, 3.63) is 250 Å². The molecule has 129 heavy (non-hydrogen) atoms. The van der Waals surface area contributed by atoms with Crippen LogP contribution in [-0.4, -0.2) is 147 Å². The molecule has 32 nitrogen and oxygen atoms in total. The number of hydrogen-bond acceptors (Lipinski definition) is 26. The number of allylic oxidation sites excluding steroid dienone is 1. The van der Waals surface area contributed by atoms with Crippen molar-refractivity contribution in [2.24, 2.45) is 23.7 Å². The molecule has 0 saturated carbocycles. The Balaban J connectivity index is -0.00000156. The van der Waals surface area contributed by atoms with Crippen LogP contribution in [0.3, 0.4) is 0 Å². The van der Waals surface area contributed by atoms with Gasteiger partial charge in [0.1, 0.15) is 83.2 Å². The zero-order valence-corrected chi connectivity index (χ0v) is 84.6. The Morgan fingerprint density at radius 1 is 0.512 bits per heavy atom. The fraction of sp³-hybridized carbons (Fsp3) is 0.437. The number of aliphatic carboxylic acids is 2. The van der Waals surface area contributed by atoms with Crippen molar-refractivity contribution >= 4 is 126 Å². The van der Waals surface area contributed by atoms with Crippen molar-refractivity contribution in [1.82, 2.24) is 14.0 Å². The summed E-state index contributed by atoms with van der Waals surface area (Å²) in [5.41, 5.74) is 3.61. The van der Waals surface area contributed by atoms with Crippen molar-refractivity contribution in [3.63, 3.8) is 0 Å². The van der Waals surface area contributed by atoms with Crippen LogP contribution >= 0.6 is 84.3 Å². The zero-order valence-electron chi connectivity index (χ0n) is 74.2. The normalized spacial score (nSPS) is 12.7. The van der Waals surface area contributed by atoms with Gasteiger partial charge in [0.15, 0.2) is 0 Å². The van der Waals surface area contributed by atoms with Gasteiger partial charge in [-0.1, -0.05) is 157 Å². The van der Waals surface area contributed by atoms with E-state index in [2.05, 4.69) is 42.2 Å². The topological polar surface area (TPSA) is 432 Å². The number of benzene rings is 4. The molecule has 0 saturated heterocycles. The number of phenols is 1. The third-order valence-corrected chi connectivity index (χ3v) is 24.3. The first-order valence-corrected chi connectivity index (χ1v) is 47.7. The number of carbonyl (C=O) groups is 5. The molecule has 0 aliphatic carbocycles. The second-order valence-corrected chi connectivity index (χ2v) is 36.4. The van der Waals surface area contributed by atoms with E-state index in [1.54, 1.807) is 151 Å². The smallest absolute Gasteiger partial charge is 0.849 e. The summed E-state index contributed by atoms with van der Waals surface area (Å²) in [6, 6.07) is 35.8. The van der Waals surface area contributed by atoms with Crippen molar-refractivity contribution in [2.75, 3.05) is 83.6 Å². The fourth-order valence-electron chi connectivity index (χ4n) is 9.76. The fourth-order valence-corrected chi connectivity index (χ4v) is 14.6. The molecule has 0 amide bonds. The Labute approximate surface area is 839 Å². The van der Waals surface area contributed by atoms with Gasteiger partial charge in [-0.3, -0.25) is 48.5 Å². The number of aryl methyl sites for hydroxylation is 1. The first kappa shape index (κ1) is 126. The van der Waals surface area contributed by atoms with Crippen molar-refractivity contribution in [2.45, 2.75) is 139 Å². The second kappa shape index (κ2) is 71.9. The summed E-state index contributed by atoms with van der Waals surface area (Å²) < 4.78 is 102. The molecule has 3 aromatic heterocycles. The standard InChI is InChI=1S/C23H30ClN2O8P.C20H26ClN2O8P.C18H26Cl2NO4P.C13H16O3.C6H7O2.C3H5Br.C3H6O2.CH4.K.Li/c1-4-15-31-23(27)18(2)16-19-7-9-20(10-8-19)34-35(30,25(3)14-6-5-13-24)32-17-21-11-12-22(33-21)26(28)29;1-15(20(24)25)13-16-5-7-17(8-6-16)31-32(28,22(2)12-4-3-11-21)29-14-18-9-10-19(30-18)23(26)27;1-4-13-24-18(22)15(2)14-16-7-9-17(10-8-16)25-26(20,23)21(3)12-6-5-11-19;1-3-8-16-13(15)10(2)9-11-4-6-12(14)7-5-11;1-5-2-3-6(4-7)8-5;1-2-3-4;1-2-3(4)5;;;/h4,7-12,18H,1,5-6,13-17H2,2-3H3;5-10,15H,3-4,11-14H2,1-2H3,(H,24,25);4,7-10,15H,1,5-6,11-14H2,2-3H3;3-7,10,14H,1,8-9H2,2H3;2-3H,4H2,1H3;2H,1,3H2;2H2,1H3,(H,4,5);1H4;;/q;;;;-1;;;;2*+1/p-1/t18-,35?;15-,32?;15-,26?;10-;;;;;;/m0000....../s1. The van der Waals surface area contributed by atoms with Crippen LogP contribution in [0.5, 0.6) is 23.0 Å². The number of nitrogens with zero attached hydrogens (tertiary/aromatic N) is 5. The van der Waals surface area contributed by atoms with E-state index in [9.17, 15) is 68.1 Å². The van der Waals surface area contributed by atoms with Gasteiger partial charge >= 0.3 is 128 Å². The maximum Gasteiger partial charge on any atom is 1.00 e. The molecule has 0 radical (unpaired) electrons. The summed E-state index contributed by atoms with van der Waals surface area (Å²) in [5.74, 6) is -0.631. The summed E-state index contributed by atoms with van der Waals surface area (Å²) >= 11 is 26.3. The van der Waals surface area contributed by atoms with E-state index in [0.29, 0.717) is 99.5 Å². The molecule has 7 rings (SSSR count). The van der Waals surface area contributed by atoms with Crippen LogP contribution in [-0.2, 0) is 106 Å². The number of carboxylic acids is 2. The van der Waals surface area contributed by atoms with Gasteiger partial charge < -0.3 is 66.3 Å². The van der Waals surface area contributed by atoms with Gasteiger partial charge in [-0.05, 0) is 194 Å². The van der Waals surface area contributed by atoms with Crippen LogP contribution in [0, 0.1) is 50.8 Å². The monoisotopic (exact) mass is 2020 g/mol. The molecule has 0 aliphatic heterocycles. The van der Waals surface area contributed by atoms with Crippen LogP contribution in [0.25, 0.3) is 0 Å². The van der Waals surface area contributed by atoms with Crippen molar-refractivity contribution in [3.8, 4) is 23.0 Å². The molecule has 706 valence electrons. The number of furan rings is 3. The summed E-state index contributed by atoms with van der Waals surface area (Å²) in [6.07, 6.45) is 12.8. The summed E-state index contributed by atoms with van der Waals surface area (Å²) in [6.45, 7) is 22.0. The number of carbonyl (C=O) groups excluding carboxylic acids is 4. The molecule has 42 heteroatoms. The van der Waals surface area contributed by atoms with E-state index in [4.69, 9.17) is 106 Å². The number of phenolic OH excluding ortho intramolecular Hbond substituents is 1. The predicted molar refractivity (Wildman–Crippen MR) is 492 cm³/mol. The SMILES string of the molecule is C.C=CCBr.C=CCOC(=O)[C@@H](C)Cc1ccc(O)cc1.C=CCOC(=O)[C@@H](C)Cc1ccc(OP(=O)(Cl)N(C)CCCCCl)cc1.C=CCOC(=O)[C@@H](C)Cc1ccc(OP(=O)(OCc2ccc([N+](=O)[O-])o2)N(C)CCCCCl)cc1.CCC(=O)[O-].C[C@@H](Cc1ccc(OP(=O)(OCc2ccc([N+](=O)[O-])o2)N(C)CCCCCl)cc1)C(=O)O.Cc1ccc(C[O-])o1.[K+].[Li+]. The van der Waals surface area contributed by atoms with Gasteiger partial charge in [-0.25, -0.2) is 27.7 Å². The minimum Gasteiger partial charge on any atom is -0.849 e. The number of rotatable bonds is 50. The molecular weight excluding hydrogens is 1910 g/mol. The molecule has 4 aromatic carbocycles. The van der Waals surface area contributed by atoms with E-state index in [0.717, 1.165) is 52.6 Å². The molecule has 2 N–H and O–H groups in total. The Morgan fingerprint density at radius 3 is 1.07 bits per heavy atom. The molecule has 3 unspecified atom stereocenters. The number of hydrogen-bond donors (Lipinski definition) is 2. The first-order valence-electron chi connectivity index (χ1n) is 39.5. The average Bonchev–Trinajstić information content (AvgIpc) is 1.84. The first-order chi connectivity index (χ1) is 59.8. The van der Waals surface area contributed by atoms with Crippen LogP contribution < -0.4 is 94.0 Å². The van der Waals surface area contributed by atoms with Gasteiger partial charge in [0.05, 0.1) is 41.6 Å². The molecule has 0 aliphatic rings. The Bertz CT molecular complexity index is 4540. The number of unbranched alkanes of at least 4 members (excludes halogenated alkanes) is 3. The van der Waals surface area contributed by atoms with Crippen molar-refractivity contribution < 1.29 is 188 Å². The molecule has 0 fully saturated rings. The van der Waals surface area contributed by atoms with Gasteiger partial charge in [0.25, 0.3) is 0 Å². The number of nitro groups is 2. The van der Waals surface area contributed by atoms with Crippen LogP contribution in [0.1, 0.15) is 132 Å². The van der Waals surface area contributed by atoms with Gasteiger partial charge in [0, 0.05) is 59.8 Å². The molecule has 7 atom stereocenters. The van der Waals surface area contributed by atoms with E-state index in [-0.39, 0.29) is 182 Å². The molecule has 0 bridgehead atoms. The van der Waals surface area contributed by atoms with Gasteiger partial charge in [-0.2, -0.15) is 0 Å². The third kappa shape index (κ3) is 55.0. The third-order valence-electron chi connectivity index (χ3n) is 16.8. The Kier molecular flexibility index (Phi) is 70.5. The Hall–Kier alpha value is -6.65. The quantitative estimate of drug-likeness (QED) is 0.00411. The van der Waals surface area contributed by atoms with E-state index < -0.39 is 61.8 Å².